The number of carbonyl (C=O) groups excluding carboxylic acids is 3. The molecule has 2 heterocycles. The van der Waals surface area contributed by atoms with Crippen LogP contribution in [0.25, 0.3) is 6.08 Å². The Morgan fingerprint density at radius 2 is 1.79 bits per heavy atom. The number of imide groups is 1. The number of thioether (sulfide) groups is 1. The van der Waals surface area contributed by atoms with E-state index in [4.69, 9.17) is 9.47 Å². The van der Waals surface area contributed by atoms with Gasteiger partial charge in [0, 0.05) is 13.1 Å². The topological polar surface area (TPSA) is 76.2 Å². The second-order valence-electron chi connectivity index (χ2n) is 6.43. The molecule has 1 aromatic carbocycles. The van der Waals surface area contributed by atoms with Crippen LogP contribution in [0.5, 0.6) is 11.5 Å². The highest BCUT2D eigenvalue weighted by molar-refractivity contribution is 8.18. The third kappa shape index (κ3) is 4.49. The van der Waals surface area contributed by atoms with Gasteiger partial charge in [0.05, 0.1) is 18.1 Å². The van der Waals surface area contributed by atoms with Crippen LogP contribution in [0.4, 0.5) is 4.79 Å². The number of amides is 3. The molecule has 0 unspecified atom stereocenters. The minimum atomic E-state index is -0.436. The summed E-state index contributed by atoms with van der Waals surface area (Å²) >= 11 is 0.851. The van der Waals surface area contributed by atoms with Gasteiger partial charge in [-0.25, -0.2) is 0 Å². The SMILES string of the molecule is CCOc1ccc(/C=C2/SC(=O)N(CC(=O)N3CCCC3)C2=O)cc1OCC. The molecule has 8 heteroatoms. The van der Waals surface area contributed by atoms with Crippen molar-refractivity contribution in [2.24, 2.45) is 0 Å². The van der Waals surface area contributed by atoms with Gasteiger partial charge in [0.25, 0.3) is 11.1 Å². The summed E-state index contributed by atoms with van der Waals surface area (Å²) in [4.78, 5) is 40.2. The molecule has 3 rings (SSSR count). The summed E-state index contributed by atoms with van der Waals surface area (Å²) in [5.41, 5.74) is 0.725. The molecule has 3 amide bonds. The van der Waals surface area contributed by atoms with E-state index in [9.17, 15) is 14.4 Å². The zero-order chi connectivity index (χ0) is 20.1. The molecule has 0 bridgehead atoms. The highest BCUT2D eigenvalue weighted by Crippen LogP contribution is 2.34. The van der Waals surface area contributed by atoms with E-state index >= 15 is 0 Å². The Bertz CT molecular complexity index is 802. The van der Waals surface area contributed by atoms with E-state index in [1.807, 2.05) is 13.8 Å². The Morgan fingerprint density at radius 1 is 1.11 bits per heavy atom. The highest BCUT2D eigenvalue weighted by atomic mass is 32.2. The van der Waals surface area contributed by atoms with Crippen molar-refractivity contribution in [3.8, 4) is 11.5 Å². The molecule has 0 aromatic heterocycles. The lowest BCUT2D eigenvalue weighted by Gasteiger charge is -2.18. The van der Waals surface area contributed by atoms with Crippen molar-refractivity contribution in [3.63, 3.8) is 0 Å². The van der Waals surface area contributed by atoms with Gasteiger partial charge in [0.15, 0.2) is 11.5 Å². The second kappa shape index (κ2) is 9.14. The lowest BCUT2D eigenvalue weighted by Crippen LogP contribution is -2.40. The summed E-state index contributed by atoms with van der Waals surface area (Å²) in [6.07, 6.45) is 3.57. The first-order valence-electron chi connectivity index (χ1n) is 9.46. The Hall–Kier alpha value is -2.48. The van der Waals surface area contributed by atoms with E-state index in [1.165, 1.54) is 0 Å². The first-order chi connectivity index (χ1) is 13.5. The molecule has 28 heavy (non-hydrogen) atoms. The number of hydrogen-bond acceptors (Lipinski definition) is 6. The Kier molecular flexibility index (Phi) is 6.61. The zero-order valence-electron chi connectivity index (χ0n) is 16.1. The number of hydrogen-bond donors (Lipinski definition) is 0. The van der Waals surface area contributed by atoms with Gasteiger partial charge in [0.2, 0.25) is 5.91 Å². The van der Waals surface area contributed by atoms with E-state index in [-0.39, 0.29) is 12.5 Å². The van der Waals surface area contributed by atoms with Crippen LogP contribution in [0, 0.1) is 0 Å². The molecule has 2 saturated heterocycles. The minimum absolute atomic E-state index is 0.180. The number of nitrogens with zero attached hydrogens (tertiary/aromatic N) is 2. The van der Waals surface area contributed by atoms with E-state index in [0.717, 1.165) is 35.1 Å². The third-order valence-electron chi connectivity index (χ3n) is 4.49. The fourth-order valence-corrected chi connectivity index (χ4v) is 3.99. The van der Waals surface area contributed by atoms with Gasteiger partial charge >= 0.3 is 0 Å². The average Bonchev–Trinajstić information content (AvgIpc) is 3.29. The van der Waals surface area contributed by atoms with E-state index in [0.29, 0.717) is 42.7 Å². The van der Waals surface area contributed by atoms with Crippen LogP contribution in [-0.4, -0.2) is 59.7 Å². The monoisotopic (exact) mass is 404 g/mol. The fourth-order valence-electron chi connectivity index (χ4n) is 3.15. The summed E-state index contributed by atoms with van der Waals surface area (Å²) in [6.45, 7) is 5.96. The first-order valence-corrected chi connectivity index (χ1v) is 10.3. The van der Waals surface area contributed by atoms with Gasteiger partial charge in [-0.15, -0.1) is 0 Å². The molecule has 1 aromatic rings. The van der Waals surface area contributed by atoms with E-state index in [1.54, 1.807) is 29.2 Å². The number of carbonyl (C=O) groups is 3. The van der Waals surface area contributed by atoms with Crippen LogP contribution in [0.3, 0.4) is 0 Å². The zero-order valence-corrected chi connectivity index (χ0v) is 16.9. The molecule has 2 fully saturated rings. The van der Waals surface area contributed by atoms with Crippen LogP contribution < -0.4 is 9.47 Å². The molecule has 0 spiro atoms. The van der Waals surface area contributed by atoms with Crippen molar-refractivity contribution in [1.82, 2.24) is 9.80 Å². The summed E-state index contributed by atoms with van der Waals surface area (Å²) in [6, 6.07) is 5.36. The van der Waals surface area contributed by atoms with Crippen molar-refractivity contribution in [2.75, 3.05) is 32.8 Å². The number of likely N-dealkylation sites (tertiary alicyclic amines) is 1. The minimum Gasteiger partial charge on any atom is -0.490 e. The smallest absolute Gasteiger partial charge is 0.294 e. The summed E-state index contributed by atoms with van der Waals surface area (Å²) in [5, 5.41) is -0.417. The fraction of sp³-hybridized carbons (Fsp3) is 0.450. The molecule has 0 radical (unpaired) electrons. The maximum Gasteiger partial charge on any atom is 0.294 e. The Morgan fingerprint density at radius 3 is 2.46 bits per heavy atom. The van der Waals surface area contributed by atoms with Crippen molar-refractivity contribution < 1.29 is 23.9 Å². The van der Waals surface area contributed by atoms with Crippen molar-refractivity contribution in [1.29, 1.82) is 0 Å². The van der Waals surface area contributed by atoms with Gasteiger partial charge in [0.1, 0.15) is 6.54 Å². The molecular formula is C20H24N2O5S. The summed E-state index contributed by atoms with van der Waals surface area (Å²) in [5.74, 6) is 0.600. The van der Waals surface area contributed by atoms with Gasteiger partial charge in [-0.2, -0.15) is 0 Å². The standard InChI is InChI=1S/C20H24N2O5S/c1-3-26-15-8-7-14(11-16(15)27-4-2)12-17-19(24)22(20(25)28-17)13-18(23)21-9-5-6-10-21/h7-8,11-12H,3-6,9-10,13H2,1-2H3/b17-12+. The van der Waals surface area contributed by atoms with Gasteiger partial charge in [-0.3, -0.25) is 19.3 Å². The third-order valence-corrected chi connectivity index (χ3v) is 5.40. The quantitative estimate of drug-likeness (QED) is 0.650. The molecule has 2 aliphatic heterocycles. The maximum absolute atomic E-state index is 12.6. The predicted molar refractivity (Wildman–Crippen MR) is 107 cm³/mol. The van der Waals surface area contributed by atoms with Crippen molar-refractivity contribution in [3.05, 3.63) is 28.7 Å². The molecule has 7 nitrogen and oxygen atoms in total. The first kappa shape index (κ1) is 20.3. The lowest BCUT2D eigenvalue weighted by atomic mass is 10.2. The number of rotatable bonds is 7. The van der Waals surface area contributed by atoms with Crippen LogP contribution >= 0.6 is 11.8 Å². The summed E-state index contributed by atoms with van der Waals surface area (Å²) < 4.78 is 11.1. The second-order valence-corrected chi connectivity index (χ2v) is 7.42. The molecular weight excluding hydrogens is 380 g/mol. The van der Waals surface area contributed by atoms with Crippen molar-refractivity contribution >= 4 is 34.9 Å². The number of ether oxygens (including phenoxy) is 2. The van der Waals surface area contributed by atoms with Crippen LogP contribution in [0.1, 0.15) is 32.3 Å². The number of benzene rings is 1. The highest BCUT2D eigenvalue weighted by Gasteiger charge is 2.37. The molecule has 2 aliphatic rings. The normalized spacial score (nSPS) is 18.3. The predicted octanol–water partition coefficient (Wildman–Crippen LogP) is 3.14. The Balaban J connectivity index is 1.75. The molecule has 0 atom stereocenters. The Labute approximate surface area is 168 Å². The van der Waals surface area contributed by atoms with E-state index in [2.05, 4.69) is 0 Å². The van der Waals surface area contributed by atoms with Crippen LogP contribution in [-0.2, 0) is 9.59 Å². The largest absolute Gasteiger partial charge is 0.490 e. The molecule has 0 saturated carbocycles. The van der Waals surface area contributed by atoms with Gasteiger partial charge in [-0.05, 0) is 62.2 Å². The van der Waals surface area contributed by atoms with Crippen molar-refractivity contribution in [2.45, 2.75) is 26.7 Å². The maximum atomic E-state index is 12.6. The van der Waals surface area contributed by atoms with Crippen LogP contribution in [0.15, 0.2) is 23.1 Å². The summed E-state index contributed by atoms with van der Waals surface area (Å²) in [7, 11) is 0. The molecule has 0 aliphatic carbocycles. The average molecular weight is 404 g/mol. The van der Waals surface area contributed by atoms with E-state index < -0.39 is 11.1 Å². The molecule has 0 N–H and O–H groups in total. The lowest BCUT2D eigenvalue weighted by molar-refractivity contribution is -0.135. The molecule has 150 valence electrons. The van der Waals surface area contributed by atoms with Crippen LogP contribution in [0.2, 0.25) is 0 Å². The van der Waals surface area contributed by atoms with Gasteiger partial charge < -0.3 is 14.4 Å². The van der Waals surface area contributed by atoms with Gasteiger partial charge in [-0.1, -0.05) is 6.07 Å².